The Morgan fingerprint density at radius 2 is 2.18 bits per heavy atom. The molecule has 2 aromatic heterocycles. The molecule has 2 heterocycles. The van der Waals surface area contributed by atoms with Crippen LogP contribution in [0.5, 0.6) is 0 Å². The molecule has 0 saturated carbocycles. The lowest BCUT2D eigenvalue weighted by molar-refractivity contribution is -0.115. The average molecular weight is 230 g/mol. The van der Waals surface area contributed by atoms with Gasteiger partial charge in [0.15, 0.2) is 0 Å². The first-order valence-corrected chi connectivity index (χ1v) is 5.50. The third kappa shape index (κ3) is 2.90. The summed E-state index contributed by atoms with van der Waals surface area (Å²) in [5.74, 6) is 0.627. The first-order chi connectivity index (χ1) is 8.29. The minimum atomic E-state index is -0.0600. The van der Waals surface area contributed by atoms with E-state index in [1.807, 2.05) is 19.1 Å². The van der Waals surface area contributed by atoms with Gasteiger partial charge in [-0.15, -0.1) is 0 Å². The molecule has 0 unspecified atom stereocenters. The molecule has 2 N–H and O–H groups in total. The molecule has 1 amide bonds. The number of anilines is 1. The summed E-state index contributed by atoms with van der Waals surface area (Å²) < 4.78 is 0. The van der Waals surface area contributed by atoms with Crippen LogP contribution in [0.4, 0.5) is 5.82 Å². The van der Waals surface area contributed by atoms with Crippen molar-refractivity contribution in [2.75, 3.05) is 5.32 Å². The van der Waals surface area contributed by atoms with Crippen molar-refractivity contribution in [2.45, 2.75) is 19.8 Å². The van der Waals surface area contributed by atoms with Crippen LogP contribution in [0.15, 0.2) is 30.7 Å². The van der Waals surface area contributed by atoms with E-state index in [0.29, 0.717) is 12.2 Å². The number of aromatic amines is 1. The maximum atomic E-state index is 11.8. The van der Waals surface area contributed by atoms with Gasteiger partial charge in [0, 0.05) is 18.0 Å². The maximum Gasteiger partial charge on any atom is 0.229 e. The molecule has 17 heavy (non-hydrogen) atoms. The molecule has 0 radical (unpaired) electrons. The number of pyridine rings is 1. The van der Waals surface area contributed by atoms with Crippen molar-refractivity contribution in [3.8, 4) is 0 Å². The van der Waals surface area contributed by atoms with Crippen LogP contribution < -0.4 is 5.32 Å². The van der Waals surface area contributed by atoms with Gasteiger partial charge in [-0.05, 0) is 24.1 Å². The van der Waals surface area contributed by atoms with Crippen molar-refractivity contribution >= 4 is 11.7 Å². The Balaban J connectivity index is 1.98. The minimum Gasteiger partial charge on any atom is -0.311 e. The number of carbonyl (C=O) groups excluding carboxylic acids is 1. The van der Waals surface area contributed by atoms with Gasteiger partial charge in [-0.1, -0.05) is 6.92 Å². The van der Waals surface area contributed by atoms with Crippen LogP contribution in [-0.2, 0) is 17.6 Å². The van der Waals surface area contributed by atoms with E-state index in [4.69, 9.17) is 0 Å². The van der Waals surface area contributed by atoms with Crippen LogP contribution in [-0.4, -0.2) is 21.1 Å². The molecule has 0 spiro atoms. The molecule has 0 aliphatic rings. The van der Waals surface area contributed by atoms with Crippen molar-refractivity contribution < 1.29 is 4.79 Å². The van der Waals surface area contributed by atoms with Crippen LogP contribution >= 0.6 is 0 Å². The zero-order valence-corrected chi connectivity index (χ0v) is 9.60. The van der Waals surface area contributed by atoms with Crippen LogP contribution in [0.25, 0.3) is 0 Å². The fourth-order valence-electron chi connectivity index (χ4n) is 1.56. The highest BCUT2D eigenvalue weighted by molar-refractivity contribution is 5.91. The zero-order chi connectivity index (χ0) is 12.1. The lowest BCUT2D eigenvalue weighted by Crippen LogP contribution is -2.15. The Morgan fingerprint density at radius 3 is 2.88 bits per heavy atom. The summed E-state index contributed by atoms with van der Waals surface area (Å²) in [4.78, 5) is 15.7. The molecule has 5 heteroatoms. The number of nitrogens with one attached hydrogen (secondary N) is 2. The number of H-pyrrole nitrogens is 1. The van der Waals surface area contributed by atoms with E-state index < -0.39 is 0 Å². The highest BCUT2D eigenvalue weighted by Gasteiger charge is 2.08. The average Bonchev–Trinajstić information content (AvgIpc) is 2.77. The van der Waals surface area contributed by atoms with Crippen LogP contribution in [0.3, 0.4) is 0 Å². The van der Waals surface area contributed by atoms with Gasteiger partial charge in [0.25, 0.3) is 0 Å². The van der Waals surface area contributed by atoms with E-state index in [1.54, 1.807) is 18.6 Å². The summed E-state index contributed by atoms with van der Waals surface area (Å²) in [6.07, 6.45) is 6.25. The molecule has 2 rings (SSSR count). The quantitative estimate of drug-likeness (QED) is 0.837. The van der Waals surface area contributed by atoms with Gasteiger partial charge in [0.05, 0.1) is 12.6 Å². The van der Waals surface area contributed by atoms with E-state index in [-0.39, 0.29) is 5.91 Å². The SMILES string of the molecule is CCc1cn[nH]c1NC(=O)Cc1ccncc1. The second kappa shape index (κ2) is 5.25. The fraction of sp³-hybridized carbons (Fsp3) is 0.250. The summed E-state index contributed by atoms with van der Waals surface area (Å²) in [7, 11) is 0. The van der Waals surface area contributed by atoms with Crippen LogP contribution in [0, 0.1) is 0 Å². The third-order valence-electron chi connectivity index (χ3n) is 2.48. The van der Waals surface area contributed by atoms with Crippen molar-refractivity contribution in [3.63, 3.8) is 0 Å². The van der Waals surface area contributed by atoms with E-state index in [9.17, 15) is 4.79 Å². The number of carbonyl (C=O) groups is 1. The molecule has 0 aliphatic carbocycles. The Morgan fingerprint density at radius 1 is 1.41 bits per heavy atom. The Labute approximate surface area is 99.3 Å². The Kier molecular flexibility index (Phi) is 3.49. The smallest absolute Gasteiger partial charge is 0.229 e. The lowest BCUT2D eigenvalue weighted by Gasteiger charge is -2.04. The van der Waals surface area contributed by atoms with Gasteiger partial charge in [-0.3, -0.25) is 14.9 Å². The fourth-order valence-corrected chi connectivity index (χ4v) is 1.56. The molecule has 0 fully saturated rings. The van der Waals surface area contributed by atoms with Gasteiger partial charge in [-0.25, -0.2) is 0 Å². The molecule has 0 saturated heterocycles. The summed E-state index contributed by atoms with van der Waals surface area (Å²) in [5, 5.41) is 9.49. The molecule has 0 atom stereocenters. The zero-order valence-electron chi connectivity index (χ0n) is 9.60. The van der Waals surface area contributed by atoms with Crippen molar-refractivity contribution in [3.05, 3.63) is 41.9 Å². The summed E-state index contributed by atoms with van der Waals surface area (Å²) in [6, 6.07) is 3.65. The van der Waals surface area contributed by atoms with Crippen LogP contribution in [0.2, 0.25) is 0 Å². The van der Waals surface area contributed by atoms with E-state index in [2.05, 4.69) is 20.5 Å². The molecule has 0 bridgehead atoms. The van der Waals surface area contributed by atoms with Gasteiger partial charge in [-0.2, -0.15) is 5.10 Å². The van der Waals surface area contributed by atoms with Gasteiger partial charge >= 0.3 is 0 Å². The van der Waals surface area contributed by atoms with Crippen molar-refractivity contribution in [1.29, 1.82) is 0 Å². The second-order valence-corrected chi connectivity index (χ2v) is 3.70. The van der Waals surface area contributed by atoms with Gasteiger partial charge in [0.1, 0.15) is 5.82 Å². The van der Waals surface area contributed by atoms with E-state index in [1.165, 1.54) is 0 Å². The van der Waals surface area contributed by atoms with Gasteiger partial charge in [0.2, 0.25) is 5.91 Å². The molecule has 0 aromatic carbocycles. The number of hydrogen-bond donors (Lipinski definition) is 2. The summed E-state index contributed by atoms with van der Waals surface area (Å²) in [6.45, 7) is 2.02. The van der Waals surface area contributed by atoms with E-state index >= 15 is 0 Å². The molecule has 2 aromatic rings. The van der Waals surface area contributed by atoms with Crippen molar-refractivity contribution in [2.24, 2.45) is 0 Å². The first-order valence-electron chi connectivity index (χ1n) is 5.50. The second-order valence-electron chi connectivity index (χ2n) is 3.70. The molecule has 88 valence electrons. The van der Waals surface area contributed by atoms with Crippen LogP contribution in [0.1, 0.15) is 18.1 Å². The standard InChI is InChI=1S/C12H14N4O/c1-2-10-8-14-16-12(10)15-11(17)7-9-3-5-13-6-4-9/h3-6,8H,2,7H2,1H3,(H2,14,15,16,17). The number of hydrogen-bond acceptors (Lipinski definition) is 3. The number of aryl methyl sites for hydroxylation is 1. The monoisotopic (exact) mass is 230 g/mol. The predicted octanol–water partition coefficient (Wildman–Crippen LogP) is 1.55. The minimum absolute atomic E-state index is 0.0600. The number of nitrogens with zero attached hydrogens (tertiary/aromatic N) is 2. The largest absolute Gasteiger partial charge is 0.311 e. The van der Waals surface area contributed by atoms with E-state index in [0.717, 1.165) is 17.5 Å². The highest BCUT2D eigenvalue weighted by atomic mass is 16.1. The third-order valence-corrected chi connectivity index (χ3v) is 2.48. The van der Waals surface area contributed by atoms with Crippen molar-refractivity contribution in [1.82, 2.24) is 15.2 Å². The predicted molar refractivity (Wildman–Crippen MR) is 64.5 cm³/mol. The topological polar surface area (TPSA) is 70.7 Å². The lowest BCUT2D eigenvalue weighted by atomic mass is 10.2. The normalized spacial score (nSPS) is 10.2. The summed E-state index contributed by atoms with van der Waals surface area (Å²) in [5.41, 5.74) is 1.95. The van der Waals surface area contributed by atoms with Gasteiger partial charge < -0.3 is 5.32 Å². The molecular formula is C12H14N4O. The molecular weight excluding hydrogens is 216 g/mol. The first kappa shape index (κ1) is 11.3. The number of rotatable bonds is 4. The number of aromatic nitrogens is 3. The number of amides is 1. The Bertz CT molecular complexity index is 492. The maximum absolute atomic E-state index is 11.8. The Hall–Kier alpha value is -2.17. The molecule has 0 aliphatic heterocycles. The summed E-state index contributed by atoms with van der Waals surface area (Å²) >= 11 is 0. The highest BCUT2D eigenvalue weighted by Crippen LogP contribution is 2.11. The molecule has 5 nitrogen and oxygen atoms in total.